The fraction of sp³-hybridized carbons (Fsp3) is 0.350. The number of hydrogen-bond donors (Lipinski definition) is 1. The van der Waals surface area contributed by atoms with Crippen LogP contribution in [0.5, 0.6) is 0 Å². The quantitative estimate of drug-likeness (QED) is 0.488. The molecule has 28 heavy (non-hydrogen) atoms. The molecule has 1 N–H and O–H groups in total. The van der Waals surface area contributed by atoms with Crippen LogP contribution >= 0.6 is 23.1 Å². The molecule has 0 aliphatic carbocycles. The van der Waals surface area contributed by atoms with Gasteiger partial charge in [-0.25, -0.2) is 9.59 Å². The topological polar surface area (TPSA) is 81.7 Å². The molecule has 0 aliphatic rings. The molecule has 0 unspecified atom stereocenters. The van der Waals surface area contributed by atoms with Gasteiger partial charge in [-0.2, -0.15) is 0 Å². The van der Waals surface area contributed by atoms with Crippen molar-refractivity contribution in [3.63, 3.8) is 0 Å². The van der Waals surface area contributed by atoms with E-state index in [9.17, 15) is 14.4 Å². The molecule has 0 bridgehead atoms. The summed E-state index contributed by atoms with van der Waals surface area (Å²) in [6.45, 7) is 7.48. The van der Waals surface area contributed by atoms with E-state index < -0.39 is 11.9 Å². The minimum Gasteiger partial charge on any atom is -0.462 e. The van der Waals surface area contributed by atoms with E-state index in [-0.39, 0.29) is 34.6 Å². The number of thioether (sulfide) groups is 1. The van der Waals surface area contributed by atoms with E-state index in [0.717, 1.165) is 22.0 Å². The first-order chi connectivity index (χ1) is 13.4. The van der Waals surface area contributed by atoms with Crippen LogP contribution in [-0.2, 0) is 9.47 Å². The molecular weight excluding hydrogens is 398 g/mol. The third-order valence-electron chi connectivity index (χ3n) is 3.72. The molecule has 0 saturated heterocycles. The van der Waals surface area contributed by atoms with E-state index in [1.54, 1.807) is 44.7 Å². The van der Waals surface area contributed by atoms with Gasteiger partial charge in [-0.05, 0) is 50.3 Å². The van der Waals surface area contributed by atoms with Crippen molar-refractivity contribution in [3.8, 4) is 0 Å². The molecule has 1 heterocycles. The van der Waals surface area contributed by atoms with Gasteiger partial charge in [0.2, 0.25) is 0 Å². The van der Waals surface area contributed by atoms with Crippen LogP contribution in [0.4, 0.5) is 5.00 Å². The molecule has 0 fully saturated rings. The number of nitrogens with one attached hydrogen (secondary N) is 1. The van der Waals surface area contributed by atoms with Crippen LogP contribution in [0.2, 0.25) is 0 Å². The first-order valence-electron chi connectivity index (χ1n) is 8.94. The van der Waals surface area contributed by atoms with E-state index in [4.69, 9.17) is 9.47 Å². The maximum atomic E-state index is 12.7. The van der Waals surface area contributed by atoms with Crippen molar-refractivity contribution in [2.24, 2.45) is 0 Å². The third-order valence-corrected chi connectivity index (χ3v) is 5.78. The summed E-state index contributed by atoms with van der Waals surface area (Å²) in [4.78, 5) is 38.6. The van der Waals surface area contributed by atoms with E-state index in [1.807, 2.05) is 19.1 Å². The number of ether oxygens (including phenoxy) is 2. The number of anilines is 1. The molecule has 2 aromatic rings. The first kappa shape index (κ1) is 22.0. The minimum atomic E-state index is -0.586. The first-order valence-corrected chi connectivity index (χ1v) is 10.7. The van der Waals surface area contributed by atoms with Crippen LogP contribution in [-0.4, -0.2) is 36.8 Å². The number of benzene rings is 1. The number of hydrogen-bond acceptors (Lipinski definition) is 7. The number of carbonyl (C=O) groups excluding carboxylic acids is 3. The van der Waals surface area contributed by atoms with E-state index >= 15 is 0 Å². The summed E-state index contributed by atoms with van der Waals surface area (Å²) in [5.74, 6) is -0.582. The molecule has 0 saturated carbocycles. The molecular formula is C20H23NO5S2. The highest BCUT2D eigenvalue weighted by atomic mass is 32.2. The molecule has 0 aliphatic heterocycles. The van der Waals surface area contributed by atoms with Crippen molar-refractivity contribution >= 4 is 45.9 Å². The van der Waals surface area contributed by atoms with E-state index in [1.165, 1.54) is 0 Å². The lowest BCUT2D eigenvalue weighted by Crippen LogP contribution is -2.15. The van der Waals surface area contributed by atoms with Gasteiger partial charge in [0.05, 0.1) is 18.8 Å². The zero-order valence-corrected chi connectivity index (χ0v) is 17.9. The average molecular weight is 422 g/mol. The van der Waals surface area contributed by atoms with Crippen molar-refractivity contribution in [1.82, 2.24) is 0 Å². The van der Waals surface area contributed by atoms with Gasteiger partial charge in [0.25, 0.3) is 5.91 Å². The number of rotatable bonds is 8. The van der Waals surface area contributed by atoms with Crippen LogP contribution in [0.1, 0.15) is 56.7 Å². The second kappa shape index (κ2) is 10.3. The Bertz CT molecular complexity index is 875. The van der Waals surface area contributed by atoms with Crippen molar-refractivity contribution < 1.29 is 23.9 Å². The summed E-state index contributed by atoms with van der Waals surface area (Å²) < 4.78 is 10.2. The number of carbonyl (C=O) groups is 3. The molecule has 0 atom stereocenters. The minimum absolute atomic E-state index is 0.183. The van der Waals surface area contributed by atoms with Gasteiger partial charge < -0.3 is 14.8 Å². The lowest BCUT2D eigenvalue weighted by Gasteiger charge is -2.08. The highest BCUT2D eigenvalue weighted by Gasteiger charge is 2.27. The van der Waals surface area contributed by atoms with Crippen molar-refractivity contribution in [2.75, 3.05) is 24.3 Å². The predicted molar refractivity (Wildman–Crippen MR) is 112 cm³/mol. The molecule has 0 radical (unpaired) electrons. The molecule has 1 aromatic heterocycles. The van der Waals surface area contributed by atoms with E-state index in [2.05, 4.69) is 5.32 Å². The molecule has 150 valence electrons. The summed E-state index contributed by atoms with van der Waals surface area (Å²) in [6.07, 6.45) is 0. The summed E-state index contributed by atoms with van der Waals surface area (Å²) in [5.41, 5.74) is 1.09. The second-order valence-corrected chi connectivity index (χ2v) is 7.97. The molecule has 2 rings (SSSR count). The normalized spacial score (nSPS) is 10.4. The molecule has 1 aromatic carbocycles. The third kappa shape index (κ3) is 5.14. The zero-order chi connectivity index (χ0) is 20.7. The SMILES string of the molecule is CCOC(=O)c1sc(NC(=O)c2cccc(SCC)c2)c(C(=O)OCC)c1C. The van der Waals surface area contributed by atoms with Gasteiger partial charge in [-0.1, -0.05) is 13.0 Å². The Kier molecular flexibility index (Phi) is 8.07. The van der Waals surface area contributed by atoms with E-state index in [0.29, 0.717) is 11.1 Å². The fourth-order valence-electron chi connectivity index (χ4n) is 2.51. The van der Waals surface area contributed by atoms with Gasteiger partial charge in [0.1, 0.15) is 9.88 Å². The van der Waals surface area contributed by atoms with Crippen LogP contribution < -0.4 is 5.32 Å². The maximum absolute atomic E-state index is 12.7. The van der Waals surface area contributed by atoms with Crippen LogP contribution in [0.25, 0.3) is 0 Å². The van der Waals surface area contributed by atoms with Crippen LogP contribution in [0.15, 0.2) is 29.2 Å². The number of amides is 1. The predicted octanol–water partition coefficient (Wildman–Crippen LogP) is 4.77. The van der Waals surface area contributed by atoms with Gasteiger partial charge in [0, 0.05) is 10.5 Å². The Morgan fingerprint density at radius 2 is 1.75 bits per heavy atom. The Balaban J connectivity index is 2.38. The van der Waals surface area contributed by atoms with Crippen LogP contribution in [0, 0.1) is 6.92 Å². The lowest BCUT2D eigenvalue weighted by molar-refractivity contribution is 0.0527. The largest absolute Gasteiger partial charge is 0.462 e. The molecule has 8 heteroatoms. The summed E-state index contributed by atoms with van der Waals surface area (Å²) >= 11 is 2.64. The lowest BCUT2D eigenvalue weighted by atomic mass is 10.1. The smallest absolute Gasteiger partial charge is 0.348 e. The Morgan fingerprint density at radius 1 is 1.07 bits per heavy atom. The van der Waals surface area contributed by atoms with Crippen molar-refractivity contribution in [2.45, 2.75) is 32.6 Å². The van der Waals surface area contributed by atoms with Gasteiger partial charge >= 0.3 is 11.9 Å². The van der Waals surface area contributed by atoms with Crippen molar-refractivity contribution in [1.29, 1.82) is 0 Å². The Labute approximate surface area is 172 Å². The Morgan fingerprint density at radius 3 is 2.39 bits per heavy atom. The standard InChI is InChI=1S/C20H23NO5S2/c1-5-25-19(23)15-12(4)16(20(24)26-6-2)28-18(15)21-17(22)13-9-8-10-14(11-13)27-7-3/h8-11H,5-7H2,1-4H3,(H,21,22). The van der Waals surface area contributed by atoms with Crippen molar-refractivity contribution in [3.05, 3.63) is 45.8 Å². The van der Waals surface area contributed by atoms with Gasteiger partial charge in [-0.3, -0.25) is 4.79 Å². The second-order valence-electron chi connectivity index (χ2n) is 5.62. The molecule has 6 nitrogen and oxygen atoms in total. The Hall–Kier alpha value is -2.32. The summed E-state index contributed by atoms with van der Waals surface area (Å²) in [6, 6.07) is 7.23. The number of esters is 2. The monoisotopic (exact) mass is 421 g/mol. The number of thiophene rings is 1. The molecule has 1 amide bonds. The molecule has 0 spiro atoms. The highest BCUT2D eigenvalue weighted by Crippen LogP contribution is 2.34. The highest BCUT2D eigenvalue weighted by molar-refractivity contribution is 7.99. The van der Waals surface area contributed by atoms with Gasteiger partial charge in [-0.15, -0.1) is 23.1 Å². The fourth-order valence-corrected chi connectivity index (χ4v) is 4.31. The van der Waals surface area contributed by atoms with Gasteiger partial charge in [0.15, 0.2) is 0 Å². The maximum Gasteiger partial charge on any atom is 0.348 e. The summed E-state index contributed by atoms with van der Waals surface area (Å²) in [7, 11) is 0. The summed E-state index contributed by atoms with van der Waals surface area (Å²) in [5, 5.41) is 3.03. The average Bonchev–Trinajstić information content (AvgIpc) is 2.98. The van der Waals surface area contributed by atoms with Crippen LogP contribution in [0.3, 0.4) is 0 Å². The zero-order valence-electron chi connectivity index (χ0n) is 16.3.